The van der Waals surface area contributed by atoms with Gasteiger partial charge in [0.2, 0.25) is 5.91 Å². The van der Waals surface area contributed by atoms with E-state index >= 15 is 0 Å². The molecule has 0 radical (unpaired) electrons. The number of hydrogen-bond donors (Lipinski definition) is 3. The number of aliphatic hydroxyl groups is 2. The summed E-state index contributed by atoms with van der Waals surface area (Å²) in [6.07, 6.45) is -18.4. The average molecular weight is 375 g/mol. The SMILES string of the molecule is CC(=O)NCC(O)C(O)c1ccc(OC(F)(F)[C@H](F)C(F)(F)F)cc1. The first-order chi connectivity index (χ1) is 11.3. The van der Waals surface area contributed by atoms with E-state index in [-0.39, 0.29) is 12.1 Å². The lowest BCUT2D eigenvalue weighted by molar-refractivity contribution is -0.304. The van der Waals surface area contributed by atoms with E-state index in [1.807, 2.05) is 0 Å². The molecule has 0 spiro atoms. The largest absolute Gasteiger partial charge is 0.439 e. The average Bonchev–Trinajstić information content (AvgIpc) is 2.50. The summed E-state index contributed by atoms with van der Waals surface area (Å²) >= 11 is 0. The predicted octanol–water partition coefficient (Wildman–Crippen LogP) is 2.09. The summed E-state index contributed by atoms with van der Waals surface area (Å²) in [6, 6.07) is 3.54. The Morgan fingerprint density at radius 1 is 1.16 bits per heavy atom. The molecule has 0 bridgehead atoms. The minimum absolute atomic E-state index is 0.0149. The topological polar surface area (TPSA) is 78.8 Å². The third kappa shape index (κ3) is 6.09. The minimum Gasteiger partial charge on any atom is -0.430 e. The van der Waals surface area contributed by atoms with Crippen LogP contribution in [0.3, 0.4) is 0 Å². The molecule has 1 rings (SSSR count). The van der Waals surface area contributed by atoms with E-state index in [4.69, 9.17) is 0 Å². The fourth-order valence-electron chi connectivity index (χ4n) is 1.71. The van der Waals surface area contributed by atoms with E-state index in [1.54, 1.807) is 0 Å². The lowest BCUT2D eigenvalue weighted by atomic mass is 10.0. The molecule has 11 heteroatoms. The summed E-state index contributed by atoms with van der Waals surface area (Å²) < 4.78 is 78.7. The summed E-state index contributed by atoms with van der Waals surface area (Å²) in [5.41, 5.74) is 0.0149. The highest BCUT2D eigenvalue weighted by Crippen LogP contribution is 2.36. The minimum atomic E-state index is -5.80. The van der Waals surface area contributed by atoms with Crippen LogP contribution in [0.25, 0.3) is 0 Å². The van der Waals surface area contributed by atoms with Crippen molar-refractivity contribution in [3.8, 4) is 5.75 Å². The molecule has 0 aliphatic carbocycles. The summed E-state index contributed by atoms with van der Waals surface area (Å²) in [5.74, 6) is -1.23. The Bertz CT molecular complexity index is 578. The van der Waals surface area contributed by atoms with Crippen molar-refractivity contribution >= 4 is 5.91 Å². The second-order valence-corrected chi connectivity index (χ2v) is 5.09. The van der Waals surface area contributed by atoms with Gasteiger partial charge in [0, 0.05) is 13.5 Å². The van der Waals surface area contributed by atoms with Crippen molar-refractivity contribution in [2.24, 2.45) is 0 Å². The molecule has 0 aliphatic heterocycles. The standard InChI is InChI=1S/C14H15F6NO4/c1-7(22)21-6-10(23)11(24)8-2-4-9(5-3-8)25-14(19,20)12(15)13(16,17)18/h2-5,10-12,23-24H,6H2,1H3,(H,21,22)/t10?,11?,12-/m1/s1. The zero-order chi connectivity index (χ0) is 19.4. The number of halogens is 6. The number of aliphatic hydroxyl groups excluding tert-OH is 2. The van der Waals surface area contributed by atoms with Gasteiger partial charge in [-0.3, -0.25) is 4.79 Å². The lowest BCUT2D eigenvalue weighted by Gasteiger charge is -2.23. The molecule has 1 aromatic rings. The van der Waals surface area contributed by atoms with Gasteiger partial charge in [-0.2, -0.15) is 22.0 Å². The highest BCUT2D eigenvalue weighted by atomic mass is 19.4. The van der Waals surface area contributed by atoms with Crippen LogP contribution in [0.15, 0.2) is 24.3 Å². The van der Waals surface area contributed by atoms with Gasteiger partial charge in [0.25, 0.3) is 6.17 Å². The number of nitrogens with one attached hydrogen (secondary N) is 1. The van der Waals surface area contributed by atoms with Gasteiger partial charge in [-0.1, -0.05) is 12.1 Å². The Balaban J connectivity index is 2.77. The molecule has 0 aliphatic rings. The Labute approximate surface area is 138 Å². The van der Waals surface area contributed by atoms with Crippen LogP contribution in [-0.4, -0.2) is 47.2 Å². The Hall–Kier alpha value is -2.01. The number of rotatable bonds is 7. The zero-order valence-electron chi connectivity index (χ0n) is 12.7. The molecule has 5 nitrogen and oxygen atoms in total. The zero-order valence-corrected chi connectivity index (χ0v) is 12.7. The molecule has 0 saturated carbocycles. The number of benzene rings is 1. The normalized spacial score (nSPS) is 16.0. The van der Waals surface area contributed by atoms with Crippen molar-refractivity contribution in [3.05, 3.63) is 29.8 Å². The third-order valence-corrected chi connectivity index (χ3v) is 2.98. The van der Waals surface area contributed by atoms with Gasteiger partial charge in [0.1, 0.15) is 18.0 Å². The molecule has 0 aromatic heterocycles. The molecular weight excluding hydrogens is 360 g/mol. The van der Waals surface area contributed by atoms with Crippen molar-refractivity contribution < 1.29 is 46.1 Å². The smallest absolute Gasteiger partial charge is 0.430 e. The maximum Gasteiger partial charge on any atom is 0.439 e. The highest BCUT2D eigenvalue weighted by molar-refractivity contribution is 5.72. The van der Waals surface area contributed by atoms with Gasteiger partial charge in [0.05, 0.1) is 0 Å². The lowest BCUT2D eigenvalue weighted by Crippen LogP contribution is -2.45. The molecule has 142 valence electrons. The van der Waals surface area contributed by atoms with Gasteiger partial charge >= 0.3 is 12.3 Å². The number of ether oxygens (including phenoxy) is 1. The first kappa shape index (κ1) is 21.0. The number of carbonyl (C=O) groups excluding carboxylic acids is 1. The van der Waals surface area contributed by atoms with E-state index in [0.717, 1.165) is 24.3 Å². The first-order valence-corrected chi connectivity index (χ1v) is 6.82. The van der Waals surface area contributed by atoms with Crippen LogP contribution in [0.1, 0.15) is 18.6 Å². The van der Waals surface area contributed by atoms with Crippen LogP contribution < -0.4 is 10.1 Å². The Kier molecular flexibility index (Phi) is 6.66. The van der Waals surface area contributed by atoms with Gasteiger partial charge in [0.15, 0.2) is 0 Å². The summed E-state index contributed by atoms with van der Waals surface area (Å²) in [5, 5.41) is 21.7. The monoisotopic (exact) mass is 375 g/mol. The maximum absolute atomic E-state index is 13.1. The van der Waals surface area contributed by atoms with E-state index in [1.165, 1.54) is 6.92 Å². The molecular formula is C14H15F6NO4. The molecule has 2 unspecified atom stereocenters. The van der Waals surface area contributed by atoms with Gasteiger partial charge in [-0.05, 0) is 17.7 Å². The fraction of sp³-hybridized carbons (Fsp3) is 0.500. The summed E-state index contributed by atoms with van der Waals surface area (Å²) in [6.45, 7) is 0.895. The molecule has 1 aromatic carbocycles. The number of hydrogen-bond acceptors (Lipinski definition) is 4. The van der Waals surface area contributed by atoms with Crippen LogP contribution >= 0.6 is 0 Å². The van der Waals surface area contributed by atoms with Gasteiger partial charge in [-0.15, -0.1) is 0 Å². The fourth-order valence-corrected chi connectivity index (χ4v) is 1.71. The van der Waals surface area contributed by atoms with Crippen LogP contribution in [-0.2, 0) is 4.79 Å². The van der Waals surface area contributed by atoms with Crippen LogP contribution in [0.4, 0.5) is 26.3 Å². The third-order valence-electron chi connectivity index (χ3n) is 2.98. The van der Waals surface area contributed by atoms with Crippen molar-refractivity contribution in [1.82, 2.24) is 5.32 Å². The second-order valence-electron chi connectivity index (χ2n) is 5.09. The highest BCUT2D eigenvalue weighted by Gasteiger charge is 2.59. The predicted molar refractivity (Wildman–Crippen MR) is 72.6 cm³/mol. The number of carbonyl (C=O) groups is 1. The van der Waals surface area contributed by atoms with Crippen LogP contribution in [0, 0.1) is 0 Å². The maximum atomic E-state index is 13.1. The molecule has 3 atom stereocenters. The Morgan fingerprint density at radius 3 is 2.12 bits per heavy atom. The van der Waals surface area contributed by atoms with Crippen LogP contribution in [0.5, 0.6) is 5.75 Å². The molecule has 0 fully saturated rings. The van der Waals surface area contributed by atoms with Crippen molar-refractivity contribution in [3.63, 3.8) is 0 Å². The van der Waals surface area contributed by atoms with Crippen LogP contribution in [0.2, 0.25) is 0 Å². The molecule has 3 N–H and O–H groups in total. The van der Waals surface area contributed by atoms with Gasteiger partial charge < -0.3 is 20.3 Å². The summed E-state index contributed by atoms with van der Waals surface area (Å²) in [4.78, 5) is 10.7. The number of amides is 1. The molecule has 0 saturated heterocycles. The van der Waals surface area contributed by atoms with Crippen molar-refractivity contribution in [1.29, 1.82) is 0 Å². The number of alkyl halides is 6. The summed E-state index contributed by atoms with van der Waals surface area (Å²) in [7, 11) is 0. The first-order valence-electron chi connectivity index (χ1n) is 6.82. The van der Waals surface area contributed by atoms with E-state index < -0.39 is 42.3 Å². The molecule has 1 amide bonds. The van der Waals surface area contributed by atoms with Gasteiger partial charge in [-0.25, -0.2) is 4.39 Å². The Morgan fingerprint density at radius 2 is 1.68 bits per heavy atom. The van der Waals surface area contributed by atoms with Crippen molar-refractivity contribution in [2.75, 3.05) is 6.54 Å². The van der Waals surface area contributed by atoms with E-state index in [2.05, 4.69) is 10.1 Å². The quantitative estimate of drug-likeness (QED) is 0.638. The second kappa shape index (κ2) is 7.91. The van der Waals surface area contributed by atoms with E-state index in [9.17, 15) is 41.4 Å². The van der Waals surface area contributed by atoms with E-state index in [0.29, 0.717) is 0 Å². The van der Waals surface area contributed by atoms with Crippen molar-refractivity contribution in [2.45, 2.75) is 37.6 Å². The molecule has 25 heavy (non-hydrogen) atoms. The molecule has 0 heterocycles.